The Hall–Kier alpha value is -2.87. The highest BCUT2D eigenvalue weighted by atomic mass is 79.9. The molecular weight excluding hydrogens is 450 g/mol. The number of halogens is 1. The minimum absolute atomic E-state index is 0.263. The number of rotatable bonds is 7. The van der Waals surface area contributed by atoms with Crippen molar-refractivity contribution in [3.8, 4) is 5.75 Å². The van der Waals surface area contributed by atoms with Gasteiger partial charge >= 0.3 is 6.03 Å². The molecule has 2 aromatic carbocycles. The molecule has 0 bridgehead atoms. The van der Waals surface area contributed by atoms with Crippen LogP contribution in [0.15, 0.2) is 53.0 Å². The summed E-state index contributed by atoms with van der Waals surface area (Å²) in [6.07, 6.45) is 0.263. The van der Waals surface area contributed by atoms with Gasteiger partial charge in [-0.3, -0.25) is 14.5 Å². The average molecular weight is 474 g/mol. The Morgan fingerprint density at radius 3 is 2.43 bits per heavy atom. The monoisotopic (exact) mass is 473 g/mol. The molecule has 3 rings (SSSR count). The van der Waals surface area contributed by atoms with E-state index in [0.717, 1.165) is 20.5 Å². The van der Waals surface area contributed by atoms with Crippen molar-refractivity contribution in [3.05, 3.63) is 64.1 Å². The maximum Gasteiger partial charge on any atom is 0.325 e. The number of nitrogens with zero attached hydrogens (tertiary/aromatic N) is 2. The van der Waals surface area contributed by atoms with Crippen LogP contribution in [-0.4, -0.2) is 53.9 Å². The van der Waals surface area contributed by atoms with Gasteiger partial charge in [-0.25, -0.2) is 4.79 Å². The zero-order chi connectivity index (χ0) is 21.9. The molecule has 0 radical (unpaired) electrons. The van der Waals surface area contributed by atoms with Crippen LogP contribution in [0.1, 0.15) is 18.1 Å². The van der Waals surface area contributed by atoms with Crippen LogP contribution in [-0.2, 0) is 22.6 Å². The lowest BCUT2D eigenvalue weighted by atomic mass is 9.92. The van der Waals surface area contributed by atoms with E-state index in [0.29, 0.717) is 12.3 Å². The molecule has 0 aromatic heterocycles. The number of methoxy groups -OCH3 is 1. The van der Waals surface area contributed by atoms with Gasteiger partial charge in [0.15, 0.2) is 0 Å². The van der Waals surface area contributed by atoms with Crippen molar-refractivity contribution in [3.63, 3.8) is 0 Å². The number of imide groups is 1. The number of hydrogen-bond donors (Lipinski definition) is 1. The normalized spacial score (nSPS) is 18.3. The lowest BCUT2D eigenvalue weighted by Gasteiger charge is -2.24. The molecule has 0 aliphatic carbocycles. The van der Waals surface area contributed by atoms with Crippen molar-refractivity contribution in [2.75, 3.05) is 20.7 Å². The lowest BCUT2D eigenvalue weighted by molar-refractivity contribution is -0.138. The van der Waals surface area contributed by atoms with Crippen LogP contribution >= 0.6 is 15.9 Å². The van der Waals surface area contributed by atoms with E-state index in [2.05, 4.69) is 21.2 Å². The second-order valence-corrected chi connectivity index (χ2v) is 8.34. The smallest absolute Gasteiger partial charge is 0.325 e. The van der Waals surface area contributed by atoms with Crippen LogP contribution in [0.3, 0.4) is 0 Å². The number of likely N-dealkylation sites (N-methyl/N-ethyl adjacent to an activating group) is 1. The average Bonchev–Trinajstić information content (AvgIpc) is 2.92. The molecule has 1 N–H and O–H groups in total. The second-order valence-electron chi connectivity index (χ2n) is 7.48. The minimum Gasteiger partial charge on any atom is -0.496 e. The van der Waals surface area contributed by atoms with Crippen molar-refractivity contribution < 1.29 is 19.1 Å². The van der Waals surface area contributed by atoms with Crippen LogP contribution in [0.2, 0.25) is 0 Å². The highest BCUT2D eigenvalue weighted by Crippen LogP contribution is 2.27. The van der Waals surface area contributed by atoms with Gasteiger partial charge in [0.25, 0.3) is 5.91 Å². The summed E-state index contributed by atoms with van der Waals surface area (Å²) in [6, 6.07) is 14.4. The van der Waals surface area contributed by atoms with Crippen LogP contribution in [0.4, 0.5) is 4.79 Å². The Morgan fingerprint density at radius 1 is 1.13 bits per heavy atom. The zero-order valence-corrected chi connectivity index (χ0v) is 18.7. The fourth-order valence-electron chi connectivity index (χ4n) is 3.47. The van der Waals surface area contributed by atoms with Gasteiger partial charge in [0.2, 0.25) is 5.91 Å². The van der Waals surface area contributed by atoms with Crippen LogP contribution in [0.25, 0.3) is 0 Å². The first-order valence-corrected chi connectivity index (χ1v) is 10.3. The Kier molecular flexibility index (Phi) is 6.45. The molecule has 30 heavy (non-hydrogen) atoms. The second kappa shape index (κ2) is 8.87. The third-order valence-electron chi connectivity index (χ3n) is 5.17. The van der Waals surface area contributed by atoms with Crippen LogP contribution < -0.4 is 10.1 Å². The predicted octanol–water partition coefficient (Wildman–Crippen LogP) is 2.97. The number of carbonyl (C=O) groups excluding carboxylic acids is 3. The number of nitrogens with one attached hydrogen (secondary N) is 1. The van der Waals surface area contributed by atoms with Gasteiger partial charge in [0.1, 0.15) is 17.8 Å². The predicted molar refractivity (Wildman–Crippen MR) is 116 cm³/mol. The van der Waals surface area contributed by atoms with Crippen molar-refractivity contribution in [1.29, 1.82) is 0 Å². The van der Waals surface area contributed by atoms with Gasteiger partial charge in [-0.1, -0.05) is 52.3 Å². The summed E-state index contributed by atoms with van der Waals surface area (Å²) in [5.74, 6) is -0.111. The number of carbonyl (C=O) groups is 3. The number of ether oxygens (including phenoxy) is 1. The molecule has 1 aliphatic rings. The first-order valence-electron chi connectivity index (χ1n) is 9.48. The summed E-state index contributed by atoms with van der Waals surface area (Å²) in [4.78, 5) is 40.7. The van der Waals surface area contributed by atoms with Gasteiger partial charge in [-0.2, -0.15) is 0 Å². The highest BCUT2D eigenvalue weighted by Gasteiger charge is 2.48. The molecule has 1 heterocycles. The van der Waals surface area contributed by atoms with E-state index in [1.54, 1.807) is 27.1 Å². The Labute approximate surface area is 184 Å². The van der Waals surface area contributed by atoms with Crippen molar-refractivity contribution in [2.24, 2.45) is 0 Å². The lowest BCUT2D eigenvalue weighted by Crippen LogP contribution is -2.47. The van der Waals surface area contributed by atoms with Gasteiger partial charge in [-0.05, 0) is 30.2 Å². The van der Waals surface area contributed by atoms with E-state index < -0.39 is 17.5 Å². The van der Waals surface area contributed by atoms with Crippen LogP contribution in [0, 0.1) is 0 Å². The Balaban J connectivity index is 1.69. The number of hydrogen-bond acceptors (Lipinski definition) is 4. The molecule has 0 spiro atoms. The SMILES string of the molecule is COc1ccccc1C[C@@]1(C)NC(=O)N(CC(=O)N(C)Cc2ccccc2Br)C1=O. The van der Waals surface area contributed by atoms with E-state index in [4.69, 9.17) is 4.74 Å². The number of amides is 4. The molecule has 1 aliphatic heterocycles. The molecule has 1 fully saturated rings. The summed E-state index contributed by atoms with van der Waals surface area (Å²) >= 11 is 3.46. The molecule has 2 aromatic rings. The summed E-state index contributed by atoms with van der Waals surface area (Å²) < 4.78 is 6.24. The number of urea groups is 1. The van der Waals surface area contributed by atoms with Gasteiger partial charge in [-0.15, -0.1) is 0 Å². The van der Waals surface area contributed by atoms with Crippen molar-refractivity contribution >= 4 is 33.8 Å². The highest BCUT2D eigenvalue weighted by molar-refractivity contribution is 9.10. The standard InChI is InChI=1S/C22H24BrN3O4/c1-22(12-15-8-5-7-11-18(15)30-3)20(28)26(21(29)24-22)14-19(27)25(2)13-16-9-4-6-10-17(16)23/h4-11H,12-14H2,1-3H3,(H,24,29)/t22-/m1/s1. The first kappa shape index (κ1) is 21.8. The maximum atomic E-state index is 13.0. The van der Waals surface area contributed by atoms with Crippen LogP contribution in [0.5, 0.6) is 5.75 Å². The van der Waals surface area contributed by atoms with E-state index in [-0.39, 0.29) is 18.9 Å². The van der Waals surface area contributed by atoms with Gasteiger partial charge in [0, 0.05) is 24.5 Å². The number of benzene rings is 2. The maximum absolute atomic E-state index is 13.0. The topological polar surface area (TPSA) is 79.0 Å². The van der Waals surface area contributed by atoms with E-state index in [1.807, 2.05) is 42.5 Å². The molecule has 4 amide bonds. The fourth-order valence-corrected chi connectivity index (χ4v) is 3.88. The van der Waals surface area contributed by atoms with Gasteiger partial charge in [0.05, 0.1) is 7.11 Å². The zero-order valence-electron chi connectivity index (χ0n) is 17.1. The van der Waals surface area contributed by atoms with E-state index in [9.17, 15) is 14.4 Å². The largest absolute Gasteiger partial charge is 0.496 e. The summed E-state index contributed by atoms with van der Waals surface area (Å²) in [7, 11) is 3.20. The molecule has 0 saturated carbocycles. The molecular formula is C22H24BrN3O4. The summed E-state index contributed by atoms with van der Waals surface area (Å²) in [6.45, 7) is 1.71. The Bertz CT molecular complexity index is 980. The summed E-state index contributed by atoms with van der Waals surface area (Å²) in [5.41, 5.74) is 0.592. The molecule has 1 saturated heterocycles. The first-order chi connectivity index (χ1) is 14.2. The molecule has 7 nitrogen and oxygen atoms in total. The number of para-hydroxylation sites is 1. The van der Waals surface area contributed by atoms with Gasteiger partial charge < -0.3 is 15.0 Å². The van der Waals surface area contributed by atoms with Crippen molar-refractivity contribution in [1.82, 2.24) is 15.1 Å². The quantitative estimate of drug-likeness (QED) is 0.626. The third kappa shape index (κ3) is 4.48. The third-order valence-corrected chi connectivity index (χ3v) is 5.94. The van der Waals surface area contributed by atoms with E-state index in [1.165, 1.54) is 4.90 Å². The van der Waals surface area contributed by atoms with E-state index >= 15 is 0 Å². The molecule has 0 unspecified atom stereocenters. The fraction of sp³-hybridized carbons (Fsp3) is 0.318. The summed E-state index contributed by atoms with van der Waals surface area (Å²) in [5, 5.41) is 2.74. The van der Waals surface area contributed by atoms with Crippen molar-refractivity contribution in [2.45, 2.75) is 25.4 Å². The Morgan fingerprint density at radius 2 is 1.77 bits per heavy atom. The molecule has 8 heteroatoms. The minimum atomic E-state index is -1.15. The molecule has 158 valence electrons. The molecule has 1 atom stereocenters.